The van der Waals surface area contributed by atoms with E-state index in [1.165, 1.54) is 0 Å². The minimum absolute atomic E-state index is 0.935. The normalized spacial score (nSPS) is 11.6. The molecule has 0 saturated heterocycles. The second kappa shape index (κ2) is 3.99. The molecular formula is C4H10NOS+. The molecule has 0 rings (SSSR count). The van der Waals surface area contributed by atoms with Crippen molar-refractivity contribution >= 4 is 18.6 Å². The first-order chi connectivity index (χ1) is 3.31. The van der Waals surface area contributed by atoms with Gasteiger partial charge in [0.15, 0.2) is 12.9 Å². The van der Waals surface area contributed by atoms with E-state index in [0.717, 1.165) is 12.1 Å². The lowest BCUT2D eigenvalue weighted by Gasteiger charge is -1.83. The SMILES string of the molecule is CC/C(C)=N/O[SH2+]. The quantitative estimate of drug-likeness (QED) is 0.299. The van der Waals surface area contributed by atoms with E-state index in [1.807, 2.05) is 13.8 Å². The summed E-state index contributed by atoms with van der Waals surface area (Å²) in [5, 5.41) is 3.57. The molecule has 2 nitrogen and oxygen atoms in total. The lowest BCUT2D eigenvalue weighted by atomic mass is 10.3. The summed E-state index contributed by atoms with van der Waals surface area (Å²) in [5.41, 5.74) is 0.981. The van der Waals surface area contributed by atoms with E-state index in [-0.39, 0.29) is 0 Å². The fourth-order valence-electron chi connectivity index (χ4n) is 0.142. The Labute approximate surface area is 49.2 Å². The van der Waals surface area contributed by atoms with Crippen molar-refractivity contribution in [3.8, 4) is 0 Å². The maximum atomic E-state index is 4.29. The van der Waals surface area contributed by atoms with Gasteiger partial charge in [-0.1, -0.05) is 6.92 Å². The third kappa shape index (κ3) is 3.66. The lowest BCUT2D eigenvalue weighted by Crippen LogP contribution is -1.85. The average molecular weight is 120 g/mol. The summed E-state index contributed by atoms with van der Waals surface area (Å²) >= 11 is 2.75. The fraction of sp³-hybridized carbons (Fsp3) is 0.750. The molecule has 0 aromatic heterocycles. The van der Waals surface area contributed by atoms with Crippen LogP contribution in [0.1, 0.15) is 20.3 Å². The Bertz CT molecular complexity index is 72.1. The van der Waals surface area contributed by atoms with E-state index in [9.17, 15) is 0 Å². The highest BCUT2D eigenvalue weighted by Gasteiger charge is 1.82. The largest absolute Gasteiger partial charge is 0.199 e. The topological polar surface area (TPSA) is 21.6 Å². The zero-order valence-corrected chi connectivity index (χ0v) is 5.56. The van der Waals surface area contributed by atoms with Crippen LogP contribution >= 0.6 is 0 Å². The van der Waals surface area contributed by atoms with Gasteiger partial charge in [-0.25, -0.2) is 0 Å². The number of rotatable bonds is 2. The predicted molar refractivity (Wildman–Crippen MR) is 34.6 cm³/mol. The molecule has 0 fully saturated rings. The predicted octanol–water partition coefficient (Wildman–Crippen LogP) is 0.715. The van der Waals surface area contributed by atoms with Crippen LogP contribution in [0, 0.1) is 0 Å². The van der Waals surface area contributed by atoms with E-state index in [1.54, 1.807) is 0 Å². The molecule has 0 heterocycles. The smallest absolute Gasteiger partial charge is 0.178 e. The standard InChI is InChI=1S/C4H9NOS/c1-3-4(2)5-6-7/h7H,3H2,1-2H3/p+1/b5-4+. The van der Waals surface area contributed by atoms with Crippen LogP contribution in [-0.4, -0.2) is 5.71 Å². The van der Waals surface area contributed by atoms with Gasteiger partial charge < -0.3 is 0 Å². The Hall–Kier alpha value is -0.180. The molecule has 0 radical (unpaired) electrons. The van der Waals surface area contributed by atoms with Crippen molar-refractivity contribution in [3.05, 3.63) is 0 Å². The highest BCUT2D eigenvalue weighted by molar-refractivity contribution is 7.53. The fourth-order valence-corrected chi connectivity index (χ4v) is 0.298. The number of hydrogen-bond acceptors (Lipinski definition) is 2. The Kier molecular flexibility index (Phi) is 3.89. The summed E-state index contributed by atoms with van der Waals surface area (Å²) in [6, 6.07) is 0. The lowest BCUT2D eigenvalue weighted by molar-refractivity contribution is 0.409. The zero-order chi connectivity index (χ0) is 5.70. The minimum atomic E-state index is 0.935. The second-order valence-electron chi connectivity index (χ2n) is 1.27. The third-order valence-electron chi connectivity index (χ3n) is 0.713. The number of nitrogens with zero attached hydrogens (tertiary/aromatic N) is 1. The zero-order valence-electron chi connectivity index (χ0n) is 4.56. The summed E-state index contributed by atoms with van der Waals surface area (Å²) in [5.74, 6) is 0. The monoisotopic (exact) mass is 120 g/mol. The average Bonchev–Trinajstić information content (AvgIpc) is 1.68. The first-order valence-corrected chi connectivity index (χ1v) is 2.58. The van der Waals surface area contributed by atoms with Gasteiger partial charge >= 0.3 is 0 Å². The highest BCUT2D eigenvalue weighted by Crippen LogP contribution is 1.82. The summed E-state index contributed by atoms with van der Waals surface area (Å²) < 4.78 is 4.29. The van der Waals surface area contributed by atoms with Crippen LogP contribution in [0.2, 0.25) is 0 Å². The highest BCUT2D eigenvalue weighted by atomic mass is 32.1. The van der Waals surface area contributed by atoms with E-state index < -0.39 is 0 Å². The van der Waals surface area contributed by atoms with Crippen LogP contribution < -0.4 is 0 Å². The third-order valence-corrected chi connectivity index (χ3v) is 0.804. The van der Waals surface area contributed by atoms with Gasteiger partial charge in [0.2, 0.25) is 0 Å². The summed E-state index contributed by atoms with van der Waals surface area (Å²) in [7, 11) is 0. The van der Waals surface area contributed by atoms with Gasteiger partial charge in [0.05, 0.1) is 5.71 Å². The molecule has 0 unspecified atom stereocenters. The molecule has 0 bridgehead atoms. The molecule has 0 aromatic rings. The summed E-state index contributed by atoms with van der Waals surface area (Å²) in [4.78, 5) is 0. The molecule has 0 saturated carbocycles. The van der Waals surface area contributed by atoms with Crippen molar-refractivity contribution in [1.29, 1.82) is 0 Å². The Morgan fingerprint density at radius 1 is 1.86 bits per heavy atom. The van der Waals surface area contributed by atoms with Gasteiger partial charge in [-0.05, 0) is 18.5 Å². The van der Waals surface area contributed by atoms with Gasteiger partial charge in [-0.3, -0.25) is 0 Å². The van der Waals surface area contributed by atoms with Crippen LogP contribution in [0.3, 0.4) is 0 Å². The van der Waals surface area contributed by atoms with Gasteiger partial charge in [-0.15, -0.1) is 0 Å². The molecule has 0 N–H and O–H groups in total. The van der Waals surface area contributed by atoms with E-state index in [4.69, 9.17) is 0 Å². The van der Waals surface area contributed by atoms with Gasteiger partial charge in [0, 0.05) is 0 Å². The minimum Gasteiger partial charge on any atom is -0.178 e. The maximum absolute atomic E-state index is 4.29. The molecule has 0 spiro atoms. The first kappa shape index (κ1) is 6.82. The van der Waals surface area contributed by atoms with Gasteiger partial charge in [-0.2, -0.15) is 4.28 Å². The molecule has 0 amide bonds. The second-order valence-corrected chi connectivity index (χ2v) is 1.45. The molecular weight excluding hydrogens is 110 g/mol. The van der Waals surface area contributed by atoms with E-state index in [2.05, 4.69) is 22.3 Å². The van der Waals surface area contributed by atoms with Crippen molar-refractivity contribution in [3.63, 3.8) is 0 Å². The van der Waals surface area contributed by atoms with Crippen LogP contribution in [-0.2, 0) is 17.2 Å². The van der Waals surface area contributed by atoms with Crippen LogP contribution in [0.25, 0.3) is 0 Å². The van der Waals surface area contributed by atoms with Crippen molar-refractivity contribution in [2.24, 2.45) is 5.16 Å². The Morgan fingerprint density at radius 2 is 2.43 bits per heavy atom. The van der Waals surface area contributed by atoms with Crippen LogP contribution in [0.15, 0.2) is 5.16 Å². The molecule has 3 heteroatoms. The summed E-state index contributed by atoms with van der Waals surface area (Å²) in [6.07, 6.45) is 0.935. The molecule has 7 heavy (non-hydrogen) atoms. The van der Waals surface area contributed by atoms with Crippen molar-refractivity contribution in [2.75, 3.05) is 0 Å². The molecule has 42 valence electrons. The van der Waals surface area contributed by atoms with Crippen molar-refractivity contribution < 1.29 is 4.28 Å². The Morgan fingerprint density at radius 3 is 2.57 bits per heavy atom. The van der Waals surface area contributed by atoms with Gasteiger partial charge in [0.25, 0.3) is 0 Å². The first-order valence-electron chi connectivity index (χ1n) is 2.17. The van der Waals surface area contributed by atoms with Crippen molar-refractivity contribution in [1.82, 2.24) is 0 Å². The van der Waals surface area contributed by atoms with Crippen LogP contribution in [0.4, 0.5) is 0 Å². The maximum Gasteiger partial charge on any atom is 0.199 e. The number of oxime groups is 1. The molecule has 0 aromatic carbocycles. The number of hydrogen-bond donors (Lipinski definition) is 0. The molecule has 0 aliphatic rings. The molecule has 0 aliphatic heterocycles. The molecule has 0 atom stereocenters. The van der Waals surface area contributed by atoms with E-state index >= 15 is 0 Å². The van der Waals surface area contributed by atoms with Gasteiger partial charge in [0.1, 0.15) is 0 Å². The van der Waals surface area contributed by atoms with Crippen molar-refractivity contribution in [2.45, 2.75) is 20.3 Å². The summed E-state index contributed by atoms with van der Waals surface area (Å²) in [6.45, 7) is 3.92. The molecule has 0 aliphatic carbocycles. The Balaban J connectivity index is 3.29. The van der Waals surface area contributed by atoms with Crippen LogP contribution in [0.5, 0.6) is 0 Å². The van der Waals surface area contributed by atoms with E-state index in [0.29, 0.717) is 0 Å².